The number of carbonyl (C=O) groups excluding carboxylic acids is 1. The van der Waals surface area contributed by atoms with Crippen LogP contribution in [0.2, 0.25) is 0 Å². The smallest absolute Gasteiger partial charge is 0.324 e. The Kier molecular flexibility index (Phi) is 5.98. The topological polar surface area (TPSA) is 121 Å². The molecule has 214 valence electrons. The molecule has 2 saturated heterocycles. The number of fused-ring (bicyclic) bond motifs is 1. The normalized spacial score (nSPS) is 19.4. The van der Waals surface area contributed by atoms with Crippen molar-refractivity contribution in [1.82, 2.24) is 19.8 Å². The number of rotatable bonds is 6. The van der Waals surface area contributed by atoms with Gasteiger partial charge in [-0.15, -0.1) is 0 Å². The second kappa shape index (κ2) is 9.48. The molecule has 4 aromatic rings. The van der Waals surface area contributed by atoms with E-state index in [1.165, 1.54) is 6.20 Å². The summed E-state index contributed by atoms with van der Waals surface area (Å²) < 4.78 is 38.6. The third kappa shape index (κ3) is 4.49. The van der Waals surface area contributed by atoms with Crippen molar-refractivity contribution in [2.75, 3.05) is 54.5 Å². The fourth-order valence-corrected chi connectivity index (χ4v) is 6.21. The standard InChI is InChI=1S/C28H29F2N7O4/c1-17-2-3-18(23-33-26(41-34-23)35-6-8-40-9-7-35)10-21(17)32-24(38)20-12-31-37-5-4-19(11-22(20)37)36-15-27(16-36)13-28(39,14-27)25(29)30/h2-5,10-12,25,39H,6-9,13-16H2,1H3,(H,32,38). The Labute approximate surface area is 233 Å². The average molecular weight is 566 g/mol. The Morgan fingerprint density at radius 3 is 2.66 bits per heavy atom. The molecule has 2 N–H and O–H groups in total. The Bertz CT molecular complexity index is 1620. The predicted molar refractivity (Wildman–Crippen MR) is 145 cm³/mol. The van der Waals surface area contributed by atoms with E-state index in [1.807, 2.05) is 42.2 Å². The van der Waals surface area contributed by atoms with Crippen molar-refractivity contribution in [3.8, 4) is 11.4 Å². The number of carbonyl (C=O) groups is 1. The quantitative estimate of drug-likeness (QED) is 0.362. The SMILES string of the molecule is Cc1ccc(-c2noc(N3CCOCC3)n2)cc1NC(=O)c1cnn2ccc(N3CC4(C3)CC(O)(C(F)F)C4)cc12. The highest BCUT2D eigenvalue weighted by atomic mass is 19.3. The van der Waals surface area contributed by atoms with E-state index in [0.29, 0.717) is 73.6 Å². The van der Waals surface area contributed by atoms with Crippen LogP contribution >= 0.6 is 0 Å². The molecule has 1 aromatic carbocycles. The highest BCUT2D eigenvalue weighted by Crippen LogP contribution is 2.56. The number of alkyl halides is 2. The highest BCUT2D eigenvalue weighted by molar-refractivity contribution is 6.09. The van der Waals surface area contributed by atoms with Gasteiger partial charge in [0.05, 0.1) is 30.5 Å². The van der Waals surface area contributed by atoms with Crippen LogP contribution in [0.1, 0.15) is 28.8 Å². The molecule has 11 nitrogen and oxygen atoms in total. The van der Waals surface area contributed by atoms with Gasteiger partial charge in [-0.2, -0.15) is 10.1 Å². The number of hydrogen-bond donors (Lipinski definition) is 2. The molecule has 41 heavy (non-hydrogen) atoms. The van der Waals surface area contributed by atoms with Crippen LogP contribution in [-0.2, 0) is 4.74 Å². The van der Waals surface area contributed by atoms with Crippen LogP contribution in [0.4, 0.5) is 26.2 Å². The fourth-order valence-electron chi connectivity index (χ4n) is 6.21. The Balaban J connectivity index is 1.07. The van der Waals surface area contributed by atoms with E-state index in [-0.39, 0.29) is 24.2 Å². The maximum Gasteiger partial charge on any atom is 0.324 e. The van der Waals surface area contributed by atoms with E-state index in [4.69, 9.17) is 9.26 Å². The molecule has 0 unspecified atom stereocenters. The van der Waals surface area contributed by atoms with Crippen molar-refractivity contribution in [2.24, 2.45) is 5.41 Å². The first-order valence-corrected chi connectivity index (χ1v) is 13.5. The molecule has 5 heterocycles. The number of anilines is 3. The lowest BCUT2D eigenvalue weighted by atomic mass is 9.55. The molecule has 7 rings (SSSR count). The Morgan fingerprint density at radius 2 is 1.90 bits per heavy atom. The molecule has 2 aliphatic heterocycles. The second-order valence-corrected chi connectivity index (χ2v) is 11.4. The summed E-state index contributed by atoms with van der Waals surface area (Å²) in [4.78, 5) is 22.0. The first-order chi connectivity index (χ1) is 19.7. The van der Waals surface area contributed by atoms with Gasteiger partial charge >= 0.3 is 6.01 Å². The zero-order chi connectivity index (χ0) is 28.4. The first kappa shape index (κ1) is 25.8. The molecule has 3 fully saturated rings. The first-order valence-electron chi connectivity index (χ1n) is 13.5. The zero-order valence-electron chi connectivity index (χ0n) is 22.4. The summed E-state index contributed by atoms with van der Waals surface area (Å²) in [5.74, 6) is 0.106. The summed E-state index contributed by atoms with van der Waals surface area (Å²) in [6.07, 6.45) is 0.779. The molecule has 1 saturated carbocycles. The zero-order valence-corrected chi connectivity index (χ0v) is 22.4. The second-order valence-electron chi connectivity index (χ2n) is 11.4. The van der Waals surface area contributed by atoms with Gasteiger partial charge in [-0.25, -0.2) is 13.3 Å². The summed E-state index contributed by atoms with van der Waals surface area (Å²) in [5.41, 5.74) is 1.94. The number of aliphatic hydroxyl groups is 1. The molecular formula is C28H29F2N7O4. The van der Waals surface area contributed by atoms with Gasteiger partial charge in [0.1, 0.15) is 5.60 Å². The van der Waals surface area contributed by atoms with Crippen LogP contribution in [0.5, 0.6) is 0 Å². The van der Waals surface area contributed by atoms with Gasteiger partial charge < -0.3 is 29.5 Å². The minimum atomic E-state index is -2.73. The number of amides is 1. The third-order valence-electron chi connectivity index (χ3n) is 8.38. The summed E-state index contributed by atoms with van der Waals surface area (Å²) in [5, 5.41) is 21.4. The van der Waals surface area contributed by atoms with E-state index in [9.17, 15) is 18.7 Å². The molecule has 3 aliphatic rings. The number of aromatic nitrogens is 4. The number of benzene rings is 1. The lowest BCUT2D eigenvalue weighted by molar-refractivity contribution is -0.209. The van der Waals surface area contributed by atoms with E-state index in [1.54, 1.807) is 10.7 Å². The minimum absolute atomic E-state index is 0.105. The van der Waals surface area contributed by atoms with Crippen molar-refractivity contribution < 1.29 is 27.9 Å². The van der Waals surface area contributed by atoms with Crippen molar-refractivity contribution in [3.63, 3.8) is 0 Å². The van der Waals surface area contributed by atoms with Gasteiger partial charge in [0.2, 0.25) is 5.82 Å². The van der Waals surface area contributed by atoms with Crippen LogP contribution in [0, 0.1) is 12.3 Å². The number of morpholine rings is 1. The molecule has 1 amide bonds. The number of pyridine rings is 1. The van der Waals surface area contributed by atoms with E-state index in [2.05, 4.69) is 25.5 Å². The van der Waals surface area contributed by atoms with Crippen molar-refractivity contribution in [1.29, 1.82) is 0 Å². The largest absolute Gasteiger partial charge is 0.384 e. The van der Waals surface area contributed by atoms with Gasteiger partial charge in [-0.3, -0.25) is 4.79 Å². The van der Waals surface area contributed by atoms with Gasteiger partial charge in [-0.05, 0) is 43.5 Å². The number of aryl methyl sites for hydroxylation is 1. The van der Waals surface area contributed by atoms with Crippen LogP contribution in [0.25, 0.3) is 16.9 Å². The Hall–Kier alpha value is -4.10. The van der Waals surface area contributed by atoms with Gasteiger partial charge in [0.15, 0.2) is 0 Å². The minimum Gasteiger partial charge on any atom is -0.384 e. The fraction of sp³-hybridized carbons (Fsp3) is 0.429. The predicted octanol–water partition coefficient (Wildman–Crippen LogP) is 3.38. The molecule has 0 atom stereocenters. The van der Waals surface area contributed by atoms with Crippen LogP contribution < -0.4 is 15.1 Å². The molecule has 1 spiro atoms. The van der Waals surface area contributed by atoms with Gasteiger partial charge in [0.25, 0.3) is 12.3 Å². The summed E-state index contributed by atoms with van der Waals surface area (Å²) in [6, 6.07) is 9.78. The van der Waals surface area contributed by atoms with Crippen molar-refractivity contribution in [2.45, 2.75) is 31.8 Å². The number of nitrogens with zero attached hydrogens (tertiary/aromatic N) is 6. The van der Waals surface area contributed by atoms with E-state index >= 15 is 0 Å². The summed E-state index contributed by atoms with van der Waals surface area (Å²) >= 11 is 0. The van der Waals surface area contributed by atoms with Crippen LogP contribution in [-0.4, -0.2) is 82.2 Å². The van der Waals surface area contributed by atoms with Crippen molar-refractivity contribution in [3.05, 3.63) is 53.9 Å². The summed E-state index contributed by atoms with van der Waals surface area (Å²) in [6.45, 7) is 5.64. The molecule has 0 bridgehead atoms. The van der Waals surface area contributed by atoms with Gasteiger partial charge in [0, 0.05) is 54.7 Å². The van der Waals surface area contributed by atoms with Crippen LogP contribution in [0.3, 0.4) is 0 Å². The van der Waals surface area contributed by atoms with Gasteiger partial charge in [-0.1, -0.05) is 17.3 Å². The number of hydrogen-bond acceptors (Lipinski definition) is 9. The lowest BCUT2D eigenvalue weighted by Gasteiger charge is -2.62. The molecule has 13 heteroatoms. The maximum absolute atomic E-state index is 13.4. The van der Waals surface area contributed by atoms with Crippen molar-refractivity contribution >= 4 is 28.8 Å². The van der Waals surface area contributed by atoms with E-state index < -0.39 is 12.0 Å². The summed E-state index contributed by atoms with van der Waals surface area (Å²) in [7, 11) is 0. The Morgan fingerprint density at radius 1 is 1.12 bits per heavy atom. The average Bonchev–Trinajstić information content (AvgIpc) is 3.59. The third-order valence-corrected chi connectivity index (χ3v) is 8.38. The number of ether oxygens (including phenoxy) is 1. The molecular weight excluding hydrogens is 536 g/mol. The highest BCUT2D eigenvalue weighted by Gasteiger charge is 2.63. The molecule has 3 aromatic heterocycles. The lowest BCUT2D eigenvalue weighted by Crippen LogP contribution is -2.70. The maximum atomic E-state index is 13.4. The van der Waals surface area contributed by atoms with Crippen LogP contribution in [0.15, 0.2) is 47.2 Å². The monoisotopic (exact) mass is 565 g/mol. The number of halogens is 2. The number of nitrogens with one attached hydrogen (secondary N) is 1. The molecule has 0 radical (unpaired) electrons. The molecule has 1 aliphatic carbocycles. The van der Waals surface area contributed by atoms with E-state index in [0.717, 1.165) is 11.3 Å².